The molecule has 7 nitrogen and oxygen atoms in total. The van der Waals surface area contributed by atoms with Crippen LogP contribution in [0.5, 0.6) is 5.75 Å². The molecule has 5 rings (SSSR count). The summed E-state index contributed by atoms with van der Waals surface area (Å²) in [5.74, 6) is 0.655. The molecule has 2 aliphatic rings. The first-order chi connectivity index (χ1) is 15.7. The summed E-state index contributed by atoms with van der Waals surface area (Å²) in [6, 6.07) is 15.5. The van der Waals surface area contributed by atoms with Crippen LogP contribution in [-0.4, -0.2) is 33.8 Å². The van der Waals surface area contributed by atoms with Crippen molar-refractivity contribution in [1.29, 1.82) is 5.26 Å². The SMILES string of the molecule is N#CCOc1cccc(CN2Cc3ccc(-c4cnn(C5CCCCO5)c4)cc3C2=O)c1. The van der Waals surface area contributed by atoms with E-state index in [0.29, 0.717) is 18.8 Å². The maximum atomic E-state index is 13.1. The van der Waals surface area contributed by atoms with Crippen LogP contribution in [0, 0.1) is 11.3 Å². The molecule has 1 amide bonds. The van der Waals surface area contributed by atoms with Crippen LogP contribution in [-0.2, 0) is 17.8 Å². The van der Waals surface area contributed by atoms with E-state index in [9.17, 15) is 4.79 Å². The maximum Gasteiger partial charge on any atom is 0.254 e. The Bertz CT molecular complexity index is 1170. The van der Waals surface area contributed by atoms with Crippen LogP contribution in [0.2, 0.25) is 0 Å². The highest BCUT2D eigenvalue weighted by molar-refractivity contribution is 5.99. The fourth-order valence-corrected chi connectivity index (χ4v) is 4.32. The van der Waals surface area contributed by atoms with E-state index >= 15 is 0 Å². The molecule has 2 aromatic carbocycles. The minimum Gasteiger partial charge on any atom is -0.479 e. The molecule has 0 spiro atoms. The minimum atomic E-state index is -0.00282. The lowest BCUT2D eigenvalue weighted by Gasteiger charge is -2.22. The van der Waals surface area contributed by atoms with E-state index in [0.717, 1.165) is 53.7 Å². The summed E-state index contributed by atoms with van der Waals surface area (Å²) in [6.45, 7) is 1.84. The highest BCUT2D eigenvalue weighted by atomic mass is 16.5. The lowest BCUT2D eigenvalue weighted by Crippen LogP contribution is -2.23. The number of rotatable bonds is 6. The van der Waals surface area contributed by atoms with Gasteiger partial charge >= 0.3 is 0 Å². The summed E-state index contributed by atoms with van der Waals surface area (Å²) in [5.41, 5.74) is 4.69. The second kappa shape index (κ2) is 8.85. The summed E-state index contributed by atoms with van der Waals surface area (Å²) < 4.78 is 13.1. The van der Waals surface area contributed by atoms with Gasteiger partial charge in [-0.1, -0.05) is 24.3 Å². The number of carbonyl (C=O) groups is 1. The van der Waals surface area contributed by atoms with Crippen LogP contribution in [0.25, 0.3) is 11.1 Å². The van der Waals surface area contributed by atoms with Gasteiger partial charge in [0.25, 0.3) is 5.91 Å². The van der Waals surface area contributed by atoms with Crippen molar-refractivity contribution in [2.24, 2.45) is 0 Å². The number of nitrogens with zero attached hydrogens (tertiary/aromatic N) is 4. The second-order valence-corrected chi connectivity index (χ2v) is 8.16. The van der Waals surface area contributed by atoms with E-state index in [1.54, 1.807) is 0 Å². The summed E-state index contributed by atoms with van der Waals surface area (Å²) in [5, 5.41) is 13.2. The molecule has 0 radical (unpaired) electrons. The highest BCUT2D eigenvalue weighted by Gasteiger charge is 2.28. The van der Waals surface area contributed by atoms with Gasteiger partial charge in [-0.2, -0.15) is 10.4 Å². The lowest BCUT2D eigenvalue weighted by atomic mass is 10.0. The molecular weight excluding hydrogens is 404 g/mol. The summed E-state index contributed by atoms with van der Waals surface area (Å²) >= 11 is 0. The van der Waals surface area contributed by atoms with Gasteiger partial charge in [0.15, 0.2) is 6.61 Å². The van der Waals surface area contributed by atoms with Gasteiger partial charge in [0.2, 0.25) is 0 Å². The second-order valence-electron chi connectivity index (χ2n) is 8.16. The maximum absolute atomic E-state index is 13.1. The fraction of sp³-hybridized carbons (Fsp3) is 0.320. The van der Waals surface area contributed by atoms with Crippen LogP contribution < -0.4 is 4.74 Å². The van der Waals surface area contributed by atoms with Gasteiger partial charge in [-0.15, -0.1) is 0 Å². The molecule has 3 heterocycles. The zero-order valence-corrected chi connectivity index (χ0v) is 17.7. The zero-order valence-electron chi connectivity index (χ0n) is 17.7. The molecule has 1 aromatic heterocycles. The highest BCUT2D eigenvalue weighted by Crippen LogP contribution is 2.31. The Morgan fingerprint density at radius 2 is 2.12 bits per heavy atom. The molecular formula is C25H24N4O3. The van der Waals surface area contributed by atoms with E-state index in [-0.39, 0.29) is 18.7 Å². The van der Waals surface area contributed by atoms with Gasteiger partial charge in [-0.05, 0) is 54.2 Å². The van der Waals surface area contributed by atoms with Crippen molar-refractivity contribution < 1.29 is 14.3 Å². The van der Waals surface area contributed by atoms with Crippen molar-refractivity contribution >= 4 is 5.91 Å². The van der Waals surface area contributed by atoms with Gasteiger partial charge in [0.1, 0.15) is 18.0 Å². The monoisotopic (exact) mass is 428 g/mol. The van der Waals surface area contributed by atoms with Crippen LogP contribution >= 0.6 is 0 Å². The van der Waals surface area contributed by atoms with Crippen molar-refractivity contribution in [2.45, 2.75) is 38.6 Å². The lowest BCUT2D eigenvalue weighted by molar-refractivity contribution is -0.0394. The molecule has 2 aliphatic heterocycles. The van der Waals surface area contributed by atoms with Crippen molar-refractivity contribution in [3.8, 4) is 22.9 Å². The molecule has 0 saturated carbocycles. The van der Waals surface area contributed by atoms with Gasteiger partial charge in [0.05, 0.1) is 6.20 Å². The number of hydrogen-bond donors (Lipinski definition) is 0. The molecule has 0 N–H and O–H groups in total. The van der Waals surface area contributed by atoms with Crippen LogP contribution in [0.4, 0.5) is 0 Å². The third kappa shape index (κ3) is 4.10. The van der Waals surface area contributed by atoms with Crippen LogP contribution in [0.3, 0.4) is 0 Å². The summed E-state index contributed by atoms with van der Waals surface area (Å²) in [7, 11) is 0. The average molecular weight is 428 g/mol. The topological polar surface area (TPSA) is 80.4 Å². The third-order valence-corrected chi connectivity index (χ3v) is 5.95. The van der Waals surface area contributed by atoms with Gasteiger partial charge in [-0.25, -0.2) is 4.68 Å². The smallest absolute Gasteiger partial charge is 0.254 e. The molecule has 0 aliphatic carbocycles. The molecule has 32 heavy (non-hydrogen) atoms. The number of ether oxygens (including phenoxy) is 2. The Hall–Kier alpha value is -3.63. The largest absolute Gasteiger partial charge is 0.479 e. The number of nitriles is 1. The zero-order chi connectivity index (χ0) is 21.9. The molecule has 1 atom stereocenters. The van der Waals surface area contributed by atoms with Gasteiger partial charge in [-0.3, -0.25) is 4.79 Å². The summed E-state index contributed by atoms with van der Waals surface area (Å²) in [6.07, 6.45) is 7.06. The average Bonchev–Trinajstić information content (AvgIpc) is 3.44. The number of amides is 1. The normalized spacial score (nSPS) is 17.8. The molecule has 0 bridgehead atoms. The van der Waals surface area contributed by atoms with E-state index < -0.39 is 0 Å². The Balaban J connectivity index is 1.31. The van der Waals surface area contributed by atoms with Crippen molar-refractivity contribution in [1.82, 2.24) is 14.7 Å². The Morgan fingerprint density at radius 1 is 1.19 bits per heavy atom. The fourth-order valence-electron chi connectivity index (χ4n) is 4.32. The van der Waals surface area contributed by atoms with Crippen molar-refractivity contribution in [3.63, 3.8) is 0 Å². The Labute approximate surface area is 186 Å². The Morgan fingerprint density at radius 3 is 2.97 bits per heavy atom. The Kier molecular flexibility index (Phi) is 5.61. The van der Waals surface area contributed by atoms with Crippen molar-refractivity contribution in [2.75, 3.05) is 13.2 Å². The van der Waals surface area contributed by atoms with E-state index in [1.807, 2.05) is 64.4 Å². The first-order valence-corrected chi connectivity index (χ1v) is 10.9. The van der Waals surface area contributed by atoms with E-state index in [4.69, 9.17) is 14.7 Å². The number of carbonyl (C=O) groups excluding carboxylic acids is 1. The standard InChI is InChI=1S/C25H24N4O3/c26-9-11-31-22-5-3-4-18(12-22)15-28-16-20-8-7-19(13-23(20)25(28)30)21-14-27-29(17-21)24-6-1-2-10-32-24/h3-5,7-8,12-14,17,24H,1-2,6,10-11,15-16H2. The first kappa shape index (κ1) is 20.3. The predicted octanol–water partition coefficient (Wildman–Crippen LogP) is 4.31. The number of benzene rings is 2. The van der Waals surface area contributed by atoms with Gasteiger partial charge < -0.3 is 14.4 Å². The predicted molar refractivity (Wildman–Crippen MR) is 118 cm³/mol. The quantitative estimate of drug-likeness (QED) is 0.585. The van der Waals surface area contributed by atoms with Crippen LogP contribution in [0.1, 0.15) is 47.0 Å². The number of hydrogen-bond acceptors (Lipinski definition) is 5. The van der Waals surface area contributed by atoms with E-state index in [1.165, 1.54) is 0 Å². The number of aromatic nitrogens is 2. The first-order valence-electron chi connectivity index (χ1n) is 10.9. The minimum absolute atomic E-state index is 0.00282. The third-order valence-electron chi connectivity index (χ3n) is 5.95. The number of fused-ring (bicyclic) bond motifs is 1. The molecule has 1 fully saturated rings. The molecule has 1 unspecified atom stereocenters. The molecule has 7 heteroatoms. The van der Waals surface area contributed by atoms with Crippen LogP contribution in [0.15, 0.2) is 54.9 Å². The van der Waals surface area contributed by atoms with E-state index in [2.05, 4.69) is 11.2 Å². The molecule has 1 saturated heterocycles. The summed E-state index contributed by atoms with van der Waals surface area (Å²) in [4.78, 5) is 14.9. The van der Waals surface area contributed by atoms with Gasteiger partial charge in [0, 0.05) is 37.0 Å². The van der Waals surface area contributed by atoms with Crippen molar-refractivity contribution in [3.05, 3.63) is 71.5 Å². The molecule has 162 valence electrons. The molecule has 3 aromatic rings.